The number of hydrogen-bond acceptors (Lipinski definition) is 2. The lowest BCUT2D eigenvalue weighted by molar-refractivity contribution is 0.227. The first-order valence-electron chi connectivity index (χ1n) is 2.38. The highest BCUT2D eigenvalue weighted by Crippen LogP contribution is 1.95. The van der Waals surface area contributed by atoms with Gasteiger partial charge in [-0.3, -0.25) is 0 Å². The van der Waals surface area contributed by atoms with Gasteiger partial charge in [0.1, 0.15) is 0 Å². The van der Waals surface area contributed by atoms with E-state index in [1.807, 2.05) is 0 Å². The minimum absolute atomic E-state index is 0.548. The first-order valence-corrected chi connectivity index (χ1v) is 3.50. The maximum Gasteiger partial charge on any atom is 0.0999 e. The predicted octanol–water partition coefficient (Wildman–Crippen LogP) is 0.870. The Morgan fingerprint density at radius 2 is 2.38 bits per heavy atom. The quantitative estimate of drug-likeness (QED) is 0.514. The van der Waals surface area contributed by atoms with Crippen molar-refractivity contribution in [3.8, 4) is 0 Å². The molecule has 0 aromatic heterocycles. The summed E-state index contributed by atoms with van der Waals surface area (Å²) in [5.74, 6) is 0.732. The first kappa shape index (κ1) is 7.98. The Morgan fingerprint density at radius 1 is 1.75 bits per heavy atom. The van der Waals surface area contributed by atoms with E-state index in [0.29, 0.717) is 18.5 Å². The van der Waals surface area contributed by atoms with Crippen molar-refractivity contribution in [3.05, 3.63) is 12.3 Å². The van der Waals surface area contributed by atoms with Crippen LogP contribution in [0.2, 0.25) is 0 Å². The van der Waals surface area contributed by atoms with Gasteiger partial charge < -0.3 is 10.5 Å². The minimum atomic E-state index is 0.548. The van der Waals surface area contributed by atoms with E-state index in [2.05, 4.69) is 22.5 Å². The van der Waals surface area contributed by atoms with Gasteiger partial charge >= 0.3 is 0 Å². The van der Waals surface area contributed by atoms with E-state index in [1.54, 1.807) is 0 Å². The molecule has 0 aliphatic rings. The van der Waals surface area contributed by atoms with Crippen LogP contribution in [0.3, 0.4) is 0 Å². The van der Waals surface area contributed by atoms with Crippen LogP contribution in [0.5, 0.6) is 0 Å². The second kappa shape index (κ2) is 5.12. The number of hydrogen-bond donors (Lipinski definition) is 1. The fourth-order valence-electron chi connectivity index (χ4n) is 0.242. The number of ether oxygens (including phenoxy) is 1. The third kappa shape index (κ3) is 4.15. The number of nitrogens with two attached hydrogens (primary N) is 1. The molecule has 0 heterocycles. The Labute approximate surface area is 57.8 Å². The van der Waals surface area contributed by atoms with Crippen molar-refractivity contribution in [2.75, 3.05) is 18.5 Å². The van der Waals surface area contributed by atoms with Gasteiger partial charge in [-0.25, -0.2) is 0 Å². The Hall–Kier alpha value is -0.0200. The van der Waals surface area contributed by atoms with Gasteiger partial charge in [-0.1, -0.05) is 22.5 Å². The third-order valence-corrected chi connectivity index (χ3v) is 1.20. The molecule has 0 saturated heterocycles. The summed E-state index contributed by atoms with van der Waals surface area (Å²) >= 11 is 3.18. The van der Waals surface area contributed by atoms with E-state index in [-0.39, 0.29) is 0 Å². The molecule has 3 heteroatoms. The molecule has 0 amide bonds. The Bertz CT molecular complexity index is 74.8. The van der Waals surface area contributed by atoms with Gasteiger partial charge in [-0.05, 0) is 0 Å². The smallest absolute Gasteiger partial charge is 0.0999 e. The van der Waals surface area contributed by atoms with Crippen molar-refractivity contribution in [2.45, 2.75) is 0 Å². The predicted molar refractivity (Wildman–Crippen MR) is 37.9 cm³/mol. The van der Waals surface area contributed by atoms with Gasteiger partial charge in [-0.2, -0.15) is 0 Å². The maximum atomic E-state index is 5.15. The fourth-order valence-corrected chi connectivity index (χ4v) is 0.404. The summed E-state index contributed by atoms with van der Waals surface area (Å²) in [6, 6.07) is 0. The van der Waals surface area contributed by atoms with E-state index in [4.69, 9.17) is 10.5 Å². The van der Waals surface area contributed by atoms with Crippen LogP contribution in [0, 0.1) is 0 Å². The lowest BCUT2D eigenvalue weighted by atomic mass is 10.6. The number of allylic oxidation sites excluding steroid dienone is 1. The summed E-state index contributed by atoms with van der Waals surface area (Å²) in [5, 5.41) is 0.688. The van der Waals surface area contributed by atoms with Gasteiger partial charge in [0.15, 0.2) is 0 Å². The standard InChI is InChI=1S/C5H10BrNO/c1-5(4-6)8-3-2-7/h1-4,7H2. The average molecular weight is 180 g/mol. The lowest BCUT2D eigenvalue weighted by Crippen LogP contribution is -2.07. The van der Waals surface area contributed by atoms with E-state index in [0.717, 1.165) is 5.76 Å². The molecule has 0 bridgehead atoms. The Kier molecular flexibility index (Phi) is 5.11. The number of alkyl halides is 1. The van der Waals surface area contributed by atoms with Crippen LogP contribution in [0.1, 0.15) is 0 Å². The highest BCUT2D eigenvalue weighted by Gasteiger charge is 1.86. The molecule has 0 rings (SSSR count). The number of halogens is 1. The highest BCUT2D eigenvalue weighted by atomic mass is 79.9. The summed E-state index contributed by atoms with van der Waals surface area (Å²) in [6.07, 6.45) is 0. The molecular weight excluding hydrogens is 170 g/mol. The van der Waals surface area contributed by atoms with Crippen LogP contribution in [-0.2, 0) is 4.74 Å². The topological polar surface area (TPSA) is 35.2 Å². The molecule has 0 aliphatic carbocycles. The zero-order chi connectivity index (χ0) is 6.41. The van der Waals surface area contributed by atoms with Crippen LogP contribution in [0.25, 0.3) is 0 Å². The molecule has 48 valence electrons. The summed E-state index contributed by atoms with van der Waals surface area (Å²) in [4.78, 5) is 0. The summed E-state index contributed by atoms with van der Waals surface area (Å²) in [5.41, 5.74) is 5.15. The summed E-state index contributed by atoms with van der Waals surface area (Å²) in [7, 11) is 0. The third-order valence-electron chi connectivity index (χ3n) is 0.573. The van der Waals surface area contributed by atoms with Crippen molar-refractivity contribution >= 4 is 15.9 Å². The number of rotatable bonds is 4. The molecule has 8 heavy (non-hydrogen) atoms. The largest absolute Gasteiger partial charge is 0.496 e. The van der Waals surface area contributed by atoms with Gasteiger partial charge in [0.2, 0.25) is 0 Å². The van der Waals surface area contributed by atoms with Crippen molar-refractivity contribution in [2.24, 2.45) is 5.73 Å². The molecule has 0 atom stereocenters. The van der Waals surface area contributed by atoms with Crippen LogP contribution < -0.4 is 5.73 Å². The van der Waals surface area contributed by atoms with Crippen molar-refractivity contribution in [1.29, 1.82) is 0 Å². The average Bonchev–Trinajstić information content (AvgIpc) is 1.83. The molecule has 0 unspecified atom stereocenters. The molecule has 2 nitrogen and oxygen atoms in total. The van der Waals surface area contributed by atoms with Crippen LogP contribution >= 0.6 is 15.9 Å². The van der Waals surface area contributed by atoms with E-state index in [1.165, 1.54) is 0 Å². The van der Waals surface area contributed by atoms with Crippen LogP contribution in [0.4, 0.5) is 0 Å². The fraction of sp³-hybridized carbons (Fsp3) is 0.600. The van der Waals surface area contributed by atoms with Crippen molar-refractivity contribution < 1.29 is 4.74 Å². The Morgan fingerprint density at radius 3 is 2.75 bits per heavy atom. The lowest BCUT2D eigenvalue weighted by Gasteiger charge is -2.02. The molecule has 0 aliphatic heterocycles. The summed E-state index contributed by atoms with van der Waals surface area (Å²) in [6.45, 7) is 4.69. The maximum absolute atomic E-state index is 5.15. The zero-order valence-electron chi connectivity index (χ0n) is 4.69. The molecule has 0 radical (unpaired) electrons. The second-order valence-electron chi connectivity index (χ2n) is 1.31. The molecule has 2 N–H and O–H groups in total. The van der Waals surface area contributed by atoms with Gasteiger partial charge in [0.05, 0.1) is 17.7 Å². The minimum Gasteiger partial charge on any atom is -0.496 e. The SMILES string of the molecule is C=C(CBr)OCCN. The molecule has 0 fully saturated rings. The first-order chi connectivity index (χ1) is 3.81. The van der Waals surface area contributed by atoms with Gasteiger partial charge in [-0.15, -0.1) is 0 Å². The molecule has 0 saturated carbocycles. The van der Waals surface area contributed by atoms with E-state index in [9.17, 15) is 0 Å². The van der Waals surface area contributed by atoms with Gasteiger partial charge in [0, 0.05) is 6.54 Å². The Balaban J connectivity index is 2.99. The highest BCUT2D eigenvalue weighted by molar-refractivity contribution is 9.09. The summed E-state index contributed by atoms with van der Waals surface area (Å²) < 4.78 is 4.97. The second-order valence-corrected chi connectivity index (χ2v) is 1.87. The molecule has 0 aromatic carbocycles. The van der Waals surface area contributed by atoms with E-state index < -0.39 is 0 Å². The van der Waals surface area contributed by atoms with Crippen LogP contribution in [0.15, 0.2) is 12.3 Å². The molecule has 0 aromatic rings. The normalized spacial score (nSPS) is 8.75. The molecule has 0 spiro atoms. The van der Waals surface area contributed by atoms with Crippen molar-refractivity contribution in [3.63, 3.8) is 0 Å². The zero-order valence-corrected chi connectivity index (χ0v) is 6.28. The van der Waals surface area contributed by atoms with Crippen molar-refractivity contribution in [1.82, 2.24) is 0 Å². The van der Waals surface area contributed by atoms with Gasteiger partial charge in [0.25, 0.3) is 0 Å². The molecular formula is C5H10BrNO. The van der Waals surface area contributed by atoms with E-state index >= 15 is 0 Å². The van der Waals surface area contributed by atoms with Crippen LogP contribution in [-0.4, -0.2) is 18.5 Å². The monoisotopic (exact) mass is 179 g/mol.